The van der Waals surface area contributed by atoms with Crippen LogP contribution >= 0.6 is 0 Å². The highest BCUT2D eigenvalue weighted by molar-refractivity contribution is 7.92. The molecule has 1 fully saturated rings. The van der Waals surface area contributed by atoms with Crippen molar-refractivity contribution in [1.29, 1.82) is 0 Å². The lowest BCUT2D eigenvalue weighted by molar-refractivity contribution is 0.0217. The van der Waals surface area contributed by atoms with E-state index in [2.05, 4.69) is 5.10 Å². The average Bonchev–Trinajstić information content (AvgIpc) is 2.97. The summed E-state index contributed by atoms with van der Waals surface area (Å²) < 4.78 is 31.8. The van der Waals surface area contributed by atoms with E-state index in [1.54, 1.807) is 28.0 Å². The van der Waals surface area contributed by atoms with E-state index in [-0.39, 0.29) is 11.8 Å². The standard InChI is InChI=1S/C15H25N3O4S/c1-15(2,3)22-14(19)17-9-5-13(6-10-17)23(20,21)12-11-18-8-4-7-16-18/h4,7-8,13H,5-6,9-12H2,1-3H3. The zero-order chi connectivity index (χ0) is 17.1. The third-order valence-corrected chi connectivity index (χ3v) is 6.00. The summed E-state index contributed by atoms with van der Waals surface area (Å²) in [5, 5.41) is 3.62. The summed E-state index contributed by atoms with van der Waals surface area (Å²) in [4.78, 5) is 13.6. The smallest absolute Gasteiger partial charge is 0.410 e. The van der Waals surface area contributed by atoms with Gasteiger partial charge in [0.1, 0.15) is 5.60 Å². The summed E-state index contributed by atoms with van der Waals surface area (Å²) in [5.41, 5.74) is -0.538. The number of carbonyl (C=O) groups excluding carboxylic acids is 1. The maximum atomic E-state index is 12.4. The second kappa shape index (κ2) is 6.90. The van der Waals surface area contributed by atoms with E-state index in [1.807, 2.05) is 20.8 Å². The lowest BCUT2D eigenvalue weighted by Crippen LogP contribution is -2.45. The molecule has 0 saturated carbocycles. The fraction of sp³-hybridized carbons (Fsp3) is 0.733. The predicted octanol–water partition coefficient (Wildman–Crippen LogP) is 1.70. The highest BCUT2D eigenvalue weighted by Gasteiger charge is 2.32. The van der Waals surface area contributed by atoms with Crippen molar-refractivity contribution >= 4 is 15.9 Å². The number of aromatic nitrogens is 2. The summed E-state index contributed by atoms with van der Waals surface area (Å²) in [6.07, 6.45) is 3.93. The molecule has 0 unspecified atom stereocenters. The Bertz CT molecular complexity index is 612. The van der Waals surface area contributed by atoms with Crippen LogP contribution in [0.1, 0.15) is 33.6 Å². The van der Waals surface area contributed by atoms with Gasteiger partial charge >= 0.3 is 6.09 Å². The van der Waals surface area contributed by atoms with Gasteiger partial charge in [-0.1, -0.05) is 0 Å². The fourth-order valence-corrected chi connectivity index (χ4v) is 4.25. The first kappa shape index (κ1) is 17.8. The van der Waals surface area contributed by atoms with Gasteiger partial charge in [0.15, 0.2) is 9.84 Å². The van der Waals surface area contributed by atoms with Gasteiger partial charge in [-0.3, -0.25) is 4.68 Å². The average molecular weight is 343 g/mol. The van der Waals surface area contributed by atoms with Crippen LogP contribution in [0.5, 0.6) is 0 Å². The summed E-state index contributed by atoms with van der Waals surface area (Å²) >= 11 is 0. The number of sulfone groups is 1. The number of ether oxygens (including phenoxy) is 1. The first-order valence-corrected chi connectivity index (χ1v) is 9.56. The van der Waals surface area contributed by atoms with Gasteiger partial charge in [0, 0.05) is 25.5 Å². The van der Waals surface area contributed by atoms with Crippen LogP contribution in [0.3, 0.4) is 0 Å². The molecule has 0 atom stereocenters. The minimum absolute atomic E-state index is 0.0752. The molecule has 0 aliphatic carbocycles. The first-order valence-electron chi connectivity index (χ1n) is 7.84. The summed E-state index contributed by atoms with van der Waals surface area (Å²) in [5.74, 6) is 0.0752. The molecule has 0 aromatic carbocycles. The number of nitrogens with zero attached hydrogens (tertiary/aromatic N) is 3. The molecule has 0 N–H and O–H groups in total. The molecule has 2 rings (SSSR count). The Morgan fingerprint density at radius 1 is 1.30 bits per heavy atom. The molecule has 0 bridgehead atoms. The van der Waals surface area contributed by atoms with E-state index in [1.165, 1.54) is 0 Å². The molecule has 1 aromatic heterocycles. The lowest BCUT2D eigenvalue weighted by atomic mass is 10.1. The highest BCUT2D eigenvalue weighted by atomic mass is 32.2. The number of likely N-dealkylation sites (tertiary alicyclic amines) is 1. The third-order valence-electron chi connectivity index (χ3n) is 3.77. The van der Waals surface area contributed by atoms with Crippen molar-refractivity contribution in [3.05, 3.63) is 18.5 Å². The highest BCUT2D eigenvalue weighted by Crippen LogP contribution is 2.21. The van der Waals surface area contributed by atoms with Gasteiger partial charge in [0.25, 0.3) is 0 Å². The Balaban J connectivity index is 1.84. The van der Waals surface area contributed by atoms with Crippen LogP contribution in [0, 0.1) is 0 Å². The molecule has 8 heteroatoms. The van der Waals surface area contributed by atoms with Crippen molar-refractivity contribution in [2.75, 3.05) is 18.8 Å². The largest absolute Gasteiger partial charge is 0.444 e. The second-order valence-corrected chi connectivity index (χ2v) is 9.20. The van der Waals surface area contributed by atoms with Gasteiger partial charge in [-0.15, -0.1) is 0 Å². The first-order chi connectivity index (χ1) is 10.7. The molecule has 1 aliphatic heterocycles. The zero-order valence-electron chi connectivity index (χ0n) is 13.9. The van der Waals surface area contributed by atoms with Crippen LogP contribution in [0.4, 0.5) is 4.79 Å². The van der Waals surface area contributed by atoms with Crippen molar-refractivity contribution in [3.8, 4) is 0 Å². The maximum absolute atomic E-state index is 12.4. The number of amides is 1. The molecule has 7 nitrogen and oxygen atoms in total. The number of aryl methyl sites for hydroxylation is 1. The minimum atomic E-state index is -3.18. The molecular formula is C15H25N3O4S. The Labute approximate surface area is 137 Å². The molecule has 130 valence electrons. The molecule has 2 heterocycles. The number of hydrogen-bond acceptors (Lipinski definition) is 5. The van der Waals surface area contributed by atoms with E-state index >= 15 is 0 Å². The SMILES string of the molecule is CC(C)(C)OC(=O)N1CCC(S(=O)(=O)CCn2cccn2)CC1. The zero-order valence-corrected chi connectivity index (χ0v) is 14.8. The van der Waals surface area contributed by atoms with Crippen LogP contribution in [-0.4, -0.2) is 58.9 Å². The topological polar surface area (TPSA) is 81.5 Å². The van der Waals surface area contributed by atoms with Crippen molar-refractivity contribution in [2.24, 2.45) is 0 Å². The van der Waals surface area contributed by atoms with Crippen LogP contribution in [0.15, 0.2) is 18.5 Å². The molecule has 1 saturated heterocycles. The lowest BCUT2D eigenvalue weighted by Gasteiger charge is -2.33. The molecule has 23 heavy (non-hydrogen) atoms. The van der Waals surface area contributed by atoms with Crippen LogP contribution in [-0.2, 0) is 21.1 Å². The Morgan fingerprint density at radius 3 is 2.48 bits per heavy atom. The van der Waals surface area contributed by atoms with Crippen LogP contribution < -0.4 is 0 Å². The molecule has 1 amide bonds. The van der Waals surface area contributed by atoms with Gasteiger partial charge in [-0.25, -0.2) is 13.2 Å². The third kappa shape index (κ3) is 5.23. The maximum Gasteiger partial charge on any atom is 0.410 e. The Kier molecular flexibility index (Phi) is 5.33. The summed E-state index contributed by atoms with van der Waals surface area (Å²) in [7, 11) is -3.18. The second-order valence-electron chi connectivity index (χ2n) is 6.80. The minimum Gasteiger partial charge on any atom is -0.444 e. The van der Waals surface area contributed by atoms with E-state index < -0.39 is 20.7 Å². The number of piperidine rings is 1. The Hall–Kier alpha value is -1.57. The van der Waals surface area contributed by atoms with Gasteiger partial charge < -0.3 is 9.64 Å². The monoisotopic (exact) mass is 343 g/mol. The van der Waals surface area contributed by atoms with E-state index in [4.69, 9.17) is 4.74 Å². The predicted molar refractivity (Wildman–Crippen MR) is 86.8 cm³/mol. The van der Waals surface area contributed by atoms with Crippen LogP contribution in [0.25, 0.3) is 0 Å². The fourth-order valence-electron chi connectivity index (χ4n) is 2.54. The van der Waals surface area contributed by atoms with Gasteiger partial charge in [0.2, 0.25) is 0 Å². The van der Waals surface area contributed by atoms with Crippen molar-refractivity contribution in [1.82, 2.24) is 14.7 Å². The molecule has 0 spiro atoms. The van der Waals surface area contributed by atoms with Gasteiger partial charge in [-0.2, -0.15) is 5.10 Å². The molecule has 1 aliphatic rings. The molecular weight excluding hydrogens is 318 g/mol. The van der Waals surface area contributed by atoms with Crippen LogP contribution in [0.2, 0.25) is 0 Å². The number of hydrogen-bond donors (Lipinski definition) is 0. The van der Waals surface area contributed by atoms with E-state index in [0.717, 1.165) is 0 Å². The van der Waals surface area contributed by atoms with Crippen molar-refractivity contribution in [3.63, 3.8) is 0 Å². The Morgan fingerprint density at radius 2 is 1.96 bits per heavy atom. The number of carbonyl (C=O) groups is 1. The summed E-state index contributed by atoms with van der Waals surface area (Å²) in [6, 6.07) is 1.77. The summed E-state index contributed by atoms with van der Waals surface area (Å²) in [6.45, 7) is 6.65. The molecule has 1 aromatic rings. The van der Waals surface area contributed by atoms with E-state index in [0.29, 0.717) is 32.5 Å². The quantitative estimate of drug-likeness (QED) is 0.831. The number of rotatable bonds is 4. The molecule has 0 radical (unpaired) electrons. The van der Waals surface area contributed by atoms with Crippen molar-refractivity contribution in [2.45, 2.75) is 51.0 Å². The van der Waals surface area contributed by atoms with E-state index in [9.17, 15) is 13.2 Å². The van der Waals surface area contributed by atoms with Crippen molar-refractivity contribution < 1.29 is 17.9 Å². The van der Waals surface area contributed by atoms with Gasteiger partial charge in [0.05, 0.1) is 17.5 Å². The van der Waals surface area contributed by atoms with Gasteiger partial charge in [-0.05, 0) is 39.7 Å². The normalized spacial score (nSPS) is 17.3.